The van der Waals surface area contributed by atoms with Gasteiger partial charge in [0.15, 0.2) is 0 Å². The summed E-state index contributed by atoms with van der Waals surface area (Å²) < 4.78 is 2.05. The monoisotopic (exact) mass is 368 g/mol. The lowest BCUT2D eigenvalue weighted by Gasteiger charge is -2.33. The SMILES string of the molecule is CC1c2nc(C(=O)NCCc3cccs3)cn2CCN1c1ncccn1. The van der Waals surface area contributed by atoms with E-state index in [1.54, 1.807) is 29.8 Å². The van der Waals surface area contributed by atoms with Gasteiger partial charge in [-0.15, -0.1) is 11.3 Å². The molecule has 8 heteroatoms. The number of carbonyl (C=O) groups is 1. The Morgan fingerprint density at radius 1 is 1.31 bits per heavy atom. The lowest BCUT2D eigenvalue weighted by atomic mass is 10.2. The quantitative estimate of drug-likeness (QED) is 0.748. The molecule has 0 bridgehead atoms. The highest BCUT2D eigenvalue weighted by Crippen LogP contribution is 2.27. The number of carbonyl (C=O) groups excluding carboxylic acids is 1. The van der Waals surface area contributed by atoms with Gasteiger partial charge in [0.2, 0.25) is 5.95 Å². The van der Waals surface area contributed by atoms with Crippen LogP contribution >= 0.6 is 11.3 Å². The highest BCUT2D eigenvalue weighted by Gasteiger charge is 2.28. The highest BCUT2D eigenvalue weighted by atomic mass is 32.1. The lowest BCUT2D eigenvalue weighted by Crippen LogP contribution is -2.37. The van der Waals surface area contributed by atoms with E-state index in [0.29, 0.717) is 18.2 Å². The molecule has 0 fully saturated rings. The van der Waals surface area contributed by atoms with Gasteiger partial charge >= 0.3 is 0 Å². The minimum atomic E-state index is -0.127. The third-order valence-electron chi connectivity index (χ3n) is 4.51. The Bertz CT molecular complexity index is 876. The van der Waals surface area contributed by atoms with Crippen molar-refractivity contribution < 1.29 is 4.79 Å². The molecule has 3 aromatic rings. The molecule has 1 aliphatic rings. The van der Waals surface area contributed by atoms with Gasteiger partial charge in [-0.2, -0.15) is 0 Å². The largest absolute Gasteiger partial charge is 0.350 e. The van der Waals surface area contributed by atoms with Crippen LogP contribution in [0.25, 0.3) is 0 Å². The van der Waals surface area contributed by atoms with Gasteiger partial charge in [0.05, 0.1) is 6.04 Å². The van der Waals surface area contributed by atoms with Gasteiger partial charge in [0, 0.05) is 43.1 Å². The van der Waals surface area contributed by atoms with Crippen molar-refractivity contribution in [3.8, 4) is 0 Å². The fourth-order valence-corrected chi connectivity index (χ4v) is 3.87. The molecule has 1 N–H and O–H groups in total. The number of thiophene rings is 1. The summed E-state index contributed by atoms with van der Waals surface area (Å²) in [6.45, 7) is 4.22. The number of nitrogens with one attached hydrogen (secondary N) is 1. The van der Waals surface area contributed by atoms with E-state index in [0.717, 1.165) is 25.3 Å². The predicted octanol–water partition coefficient (Wildman–Crippen LogP) is 2.29. The van der Waals surface area contributed by atoms with Crippen molar-refractivity contribution >= 4 is 23.2 Å². The number of imidazole rings is 1. The Kier molecular flexibility index (Phi) is 4.66. The molecular formula is C18H20N6OS. The predicted molar refractivity (Wildman–Crippen MR) is 100 cm³/mol. The fraction of sp³-hybridized carbons (Fsp3) is 0.333. The molecule has 26 heavy (non-hydrogen) atoms. The van der Waals surface area contributed by atoms with Crippen LogP contribution in [0.1, 0.15) is 34.2 Å². The molecule has 1 unspecified atom stereocenters. The molecule has 7 nitrogen and oxygen atoms in total. The van der Waals surface area contributed by atoms with Crippen LogP contribution < -0.4 is 10.2 Å². The third kappa shape index (κ3) is 3.32. The Morgan fingerprint density at radius 3 is 2.92 bits per heavy atom. The lowest BCUT2D eigenvalue weighted by molar-refractivity contribution is 0.0949. The van der Waals surface area contributed by atoms with Crippen LogP contribution in [0.2, 0.25) is 0 Å². The van der Waals surface area contributed by atoms with Gasteiger partial charge < -0.3 is 14.8 Å². The second-order valence-electron chi connectivity index (χ2n) is 6.18. The second-order valence-corrected chi connectivity index (χ2v) is 7.21. The van der Waals surface area contributed by atoms with E-state index in [1.807, 2.05) is 17.6 Å². The van der Waals surface area contributed by atoms with Crippen LogP contribution in [0.3, 0.4) is 0 Å². The average Bonchev–Trinajstić information content (AvgIpc) is 3.32. The number of anilines is 1. The smallest absolute Gasteiger partial charge is 0.271 e. The topological polar surface area (TPSA) is 75.9 Å². The van der Waals surface area contributed by atoms with Crippen LogP contribution in [0.4, 0.5) is 5.95 Å². The van der Waals surface area contributed by atoms with E-state index in [1.165, 1.54) is 4.88 Å². The summed E-state index contributed by atoms with van der Waals surface area (Å²) in [6.07, 6.45) is 6.16. The van der Waals surface area contributed by atoms with E-state index in [-0.39, 0.29) is 11.9 Å². The summed E-state index contributed by atoms with van der Waals surface area (Å²) in [5.41, 5.74) is 0.467. The summed E-state index contributed by atoms with van der Waals surface area (Å²) in [6, 6.07) is 5.92. The minimum absolute atomic E-state index is 0.0128. The number of nitrogens with zero attached hydrogens (tertiary/aromatic N) is 5. The zero-order chi connectivity index (χ0) is 17.9. The van der Waals surface area contributed by atoms with Crippen molar-refractivity contribution in [2.75, 3.05) is 18.0 Å². The molecule has 3 aromatic heterocycles. The maximum atomic E-state index is 12.4. The molecule has 0 spiro atoms. The Hall–Kier alpha value is -2.74. The van der Waals surface area contributed by atoms with Gasteiger partial charge in [-0.1, -0.05) is 6.07 Å². The Labute approximate surface area is 155 Å². The van der Waals surface area contributed by atoms with E-state index in [4.69, 9.17) is 0 Å². The summed E-state index contributed by atoms with van der Waals surface area (Å²) in [7, 11) is 0. The molecule has 0 saturated heterocycles. The van der Waals surface area contributed by atoms with Crippen LogP contribution in [0.15, 0.2) is 42.2 Å². The molecule has 0 aliphatic carbocycles. The number of fused-ring (bicyclic) bond motifs is 1. The summed E-state index contributed by atoms with van der Waals surface area (Å²) in [5.74, 6) is 1.43. The first kappa shape index (κ1) is 16.7. The van der Waals surface area contributed by atoms with Crippen molar-refractivity contribution in [2.24, 2.45) is 0 Å². The van der Waals surface area contributed by atoms with Crippen molar-refractivity contribution in [1.29, 1.82) is 0 Å². The van der Waals surface area contributed by atoms with Gasteiger partial charge in [0.1, 0.15) is 11.5 Å². The van der Waals surface area contributed by atoms with Crippen molar-refractivity contribution in [1.82, 2.24) is 24.8 Å². The maximum Gasteiger partial charge on any atom is 0.271 e. The van der Waals surface area contributed by atoms with Crippen LogP contribution in [0, 0.1) is 0 Å². The number of rotatable bonds is 5. The van der Waals surface area contributed by atoms with E-state index in [9.17, 15) is 4.79 Å². The summed E-state index contributed by atoms with van der Waals surface area (Å²) in [4.78, 5) is 29.0. The number of hydrogen-bond acceptors (Lipinski definition) is 6. The van der Waals surface area contributed by atoms with Crippen LogP contribution in [-0.2, 0) is 13.0 Å². The first-order valence-electron chi connectivity index (χ1n) is 8.63. The molecule has 1 aliphatic heterocycles. The molecule has 134 valence electrons. The summed E-state index contributed by atoms with van der Waals surface area (Å²) >= 11 is 1.70. The molecule has 4 rings (SSSR count). The van der Waals surface area contributed by atoms with Crippen molar-refractivity contribution in [2.45, 2.75) is 25.9 Å². The van der Waals surface area contributed by atoms with Gasteiger partial charge in [-0.3, -0.25) is 4.79 Å². The summed E-state index contributed by atoms with van der Waals surface area (Å²) in [5, 5.41) is 5.00. The fourth-order valence-electron chi connectivity index (χ4n) is 3.16. The van der Waals surface area contributed by atoms with Gasteiger partial charge in [0.25, 0.3) is 5.91 Å². The third-order valence-corrected chi connectivity index (χ3v) is 5.45. The maximum absolute atomic E-state index is 12.4. The normalized spacial score (nSPS) is 16.3. The first-order chi connectivity index (χ1) is 12.7. The molecule has 1 atom stereocenters. The molecule has 4 heterocycles. The molecule has 0 radical (unpaired) electrons. The first-order valence-corrected chi connectivity index (χ1v) is 9.51. The standard InChI is InChI=1S/C18H20N6OS/c1-13-16-22-15(17(25)19-8-5-14-4-2-11-26-14)12-23(16)9-10-24(13)18-20-6-3-7-21-18/h2-4,6-7,11-13H,5,8-10H2,1H3,(H,19,25). The van der Waals surface area contributed by atoms with Crippen molar-refractivity contribution in [3.05, 3.63) is 58.6 Å². The molecule has 1 amide bonds. The highest BCUT2D eigenvalue weighted by molar-refractivity contribution is 7.09. The van der Waals surface area contributed by atoms with Crippen LogP contribution in [0.5, 0.6) is 0 Å². The van der Waals surface area contributed by atoms with Crippen LogP contribution in [-0.4, -0.2) is 38.5 Å². The van der Waals surface area contributed by atoms with Gasteiger partial charge in [-0.05, 0) is 30.9 Å². The van der Waals surface area contributed by atoms with Crippen molar-refractivity contribution in [3.63, 3.8) is 0 Å². The zero-order valence-corrected chi connectivity index (χ0v) is 15.3. The molecule has 0 saturated carbocycles. The van der Waals surface area contributed by atoms with E-state index >= 15 is 0 Å². The Morgan fingerprint density at radius 2 is 2.15 bits per heavy atom. The number of amides is 1. The van der Waals surface area contributed by atoms with E-state index < -0.39 is 0 Å². The van der Waals surface area contributed by atoms with Gasteiger partial charge in [-0.25, -0.2) is 15.0 Å². The average molecular weight is 368 g/mol. The minimum Gasteiger partial charge on any atom is -0.350 e. The zero-order valence-electron chi connectivity index (χ0n) is 14.5. The Balaban J connectivity index is 1.44. The second kappa shape index (κ2) is 7.25. The molecule has 0 aromatic carbocycles. The number of aromatic nitrogens is 4. The number of hydrogen-bond donors (Lipinski definition) is 1. The molecular weight excluding hydrogens is 348 g/mol. The van der Waals surface area contributed by atoms with E-state index in [2.05, 4.69) is 42.7 Å².